The molecule has 0 aliphatic heterocycles. The van der Waals surface area contributed by atoms with Crippen LogP contribution in [0.2, 0.25) is 0 Å². The highest BCUT2D eigenvalue weighted by Crippen LogP contribution is 2.41. The van der Waals surface area contributed by atoms with Crippen LogP contribution in [0.4, 0.5) is 0 Å². The van der Waals surface area contributed by atoms with Gasteiger partial charge in [-0.3, -0.25) is 4.79 Å². The average molecular weight is 170 g/mol. The van der Waals surface area contributed by atoms with Crippen LogP contribution in [-0.2, 0) is 4.79 Å². The Balaban J connectivity index is 2.66. The minimum atomic E-state index is -0.624. The Morgan fingerprint density at radius 2 is 2.00 bits per heavy atom. The smallest absolute Gasteiger partial charge is 0.309 e. The molecule has 1 fully saturated rings. The zero-order valence-corrected chi connectivity index (χ0v) is 8.13. The van der Waals surface area contributed by atoms with Crippen molar-refractivity contribution in [3.8, 4) is 0 Å². The molecule has 3 atom stereocenters. The van der Waals surface area contributed by atoms with E-state index in [2.05, 4.69) is 13.8 Å². The maximum absolute atomic E-state index is 10.9. The van der Waals surface area contributed by atoms with E-state index in [0.717, 1.165) is 19.3 Å². The average Bonchev–Trinajstić information content (AvgIpc) is 1.97. The van der Waals surface area contributed by atoms with E-state index in [9.17, 15) is 4.79 Å². The van der Waals surface area contributed by atoms with Crippen molar-refractivity contribution >= 4 is 5.97 Å². The summed E-state index contributed by atoms with van der Waals surface area (Å²) in [7, 11) is 0. The molecule has 1 aliphatic carbocycles. The highest BCUT2D eigenvalue weighted by molar-refractivity contribution is 5.74. The molecule has 0 aromatic heterocycles. The predicted octanol–water partition coefficient (Wildman–Crippen LogP) is 2.53. The summed E-state index contributed by atoms with van der Waals surface area (Å²) >= 11 is 0. The maximum Gasteiger partial charge on any atom is 0.309 e. The zero-order chi connectivity index (χ0) is 9.35. The van der Waals surface area contributed by atoms with Crippen LogP contribution in [0.15, 0.2) is 0 Å². The van der Waals surface area contributed by atoms with Crippen molar-refractivity contribution in [2.75, 3.05) is 0 Å². The molecule has 0 bridgehead atoms. The van der Waals surface area contributed by atoms with Crippen LogP contribution in [0.3, 0.4) is 0 Å². The zero-order valence-electron chi connectivity index (χ0n) is 8.13. The highest BCUT2D eigenvalue weighted by Gasteiger charge is 2.39. The summed E-state index contributed by atoms with van der Waals surface area (Å²) in [5, 5.41) is 9.00. The molecule has 0 spiro atoms. The normalized spacial score (nSPS) is 42.6. The molecule has 1 saturated carbocycles. The van der Waals surface area contributed by atoms with Crippen LogP contribution in [0, 0.1) is 17.3 Å². The third-order valence-electron chi connectivity index (χ3n) is 3.41. The number of rotatable bonds is 1. The van der Waals surface area contributed by atoms with Crippen molar-refractivity contribution in [2.24, 2.45) is 17.3 Å². The molecule has 1 rings (SSSR count). The summed E-state index contributed by atoms with van der Waals surface area (Å²) in [6.45, 7) is 6.24. The van der Waals surface area contributed by atoms with E-state index in [1.165, 1.54) is 0 Å². The topological polar surface area (TPSA) is 37.3 Å². The number of hydrogen-bond donors (Lipinski definition) is 1. The Bertz CT molecular complexity index is 188. The van der Waals surface area contributed by atoms with Gasteiger partial charge in [0.2, 0.25) is 0 Å². The molecule has 0 heterocycles. The first-order chi connectivity index (χ1) is 5.46. The summed E-state index contributed by atoms with van der Waals surface area (Å²) in [6, 6.07) is 0. The largest absolute Gasteiger partial charge is 0.481 e. The third-order valence-corrected chi connectivity index (χ3v) is 3.41. The summed E-state index contributed by atoms with van der Waals surface area (Å²) in [6.07, 6.45) is 2.74. The van der Waals surface area contributed by atoms with Crippen LogP contribution in [-0.4, -0.2) is 11.1 Å². The van der Waals surface area contributed by atoms with E-state index in [0.29, 0.717) is 11.8 Å². The second kappa shape index (κ2) is 3.08. The molecular weight excluding hydrogens is 152 g/mol. The monoisotopic (exact) mass is 170 g/mol. The Hall–Kier alpha value is -0.530. The van der Waals surface area contributed by atoms with Gasteiger partial charge in [-0.15, -0.1) is 0 Å². The molecule has 0 radical (unpaired) electrons. The van der Waals surface area contributed by atoms with Gasteiger partial charge in [-0.2, -0.15) is 0 Å². The second-order valence-electron chi connectivity index (χ2n) is 4.56. The summed E-state index contributed by atoms with van der Waals surface area (Å²) < 4.78 is 0. The lowest BCUT2D eigenvalue weighted by Gasteiger charge is -2.37. The number of aliphatic carboxylic acids is 1. The van der Waals surface area contributed by atoms with E-state index < -0.39 is 11.4 Å². The van der Waals surface area contributed by atoms with Gasteiger partial charge < -0.3 is 5.11 Å². The van der Waals surface area contributed by atoms with Crippen LogP contribution in [0.5, 0.6) is 0 Å². The lowest BCUT2D eigenvalue weighted by atomic mass is 9.67. The second-order valence-corrected chi connectivity index (χ2v) is 4.56. The molecule has 2 heteroatoms. The number of carboxylic acid groups (broad SMARTS) is 1. The molecule has 0 aromatic rings. The van der Waals surface area contributed by atoms with Crippen LogP contribution in [0.1, 0.15) is 40.0 Å². The van der Waals surface area contributed by atoms with Crippen LogP contribution >= 0.6 is 0 Å². The lowest BCUT2D eigenvalue weighted by Crippen LogP contribution is -2.35. The van der Waals surface area contributed by atoms with E-state index in [4.69, 9.17) is 5.11 Å². The first kappa shape index (κ1) is 9.56. The van der Waals surface area contributed by atoms with Crippen molar-refractivity contribution in [2.45, 2.75) is 40.0 Å². The van der Waals surface area contributed by atoms with E-state index in [1.54, 1.807) is 0 Å². The van der Waals surface area contributed by atoms with Gasteiger partial charge in [0.1, 0.15) is 0 Å². The minimum Gasteiger partial charge on any atom is -0.481 e. The van der Waals surface area contributed by atoms with Gasteiger partial charge >= 0.3 is 5.97 Å². The molecule has 70 valence electrons. The van der Waals surface area contributed by atoms with Gasteiger partial charge in [0.05, 0.1) is 5.41 Å². The Kier molecular flexibility index (Phi) is 2.45. The first-order valence-electron chi connectivity index (χ1n) is 4.69. The van der Waals surface area contributed by atoms with Crippen molar-refractivity contribution in [3.63, 3.8) is 0 Å². The molecule has 0 amide bonds. The lowest BCUT2D eigenvalue weighted by molar-refractivity contribution is -0.151. The SMILES string of the molecule is C[C@@H]1CC[C@@](C)(C(=O)O)C[C@@H]1C. The fourth-order valence-corrected chi connectivity index (χ4v) is 2.04. The summed E-state index contributed by atoms with van der Waals surface area (Å²) in [5.41, 5.74) is -0.452. The van der Waals surface area contributed by atoms with Crippen LogP contribution in [0.25, 0.3) is 0 Å². The van der Waals surface area contributed by atoms with Gasteiger partial charge in [0, 0.05) is 0 Å². The van der Waals surface area contributed by atoms with E-state index >= 15 is 0 Å². The van der Waals surface area contributed by atoms with Crippen molar-refractivity contribution in [1.29, 1.82) is 0 Å². The standard InChI is InChI=1S/C10H18O2/c1-7-4-5-10(3,9(11)12)6-8(7)2/h7-8H,4-6H2,1-3H3,(H,11,12)/t7-,8+,10-/m1/s1. The summed E-state index contributed by atoms with van der Waals surface area (Å²) in [4.78, 5) is 10.9. The molecule has 1 N–H and O–H groups in total. The van der Waals surface area contributed by atoms with E-state index in [1.807, 2.05) is 6.92 Å². The molecule has 0 saturated heterocycles. The molecule has 1 aliphatic rings. The quantitative estimate of drug-likeness (QED) is 0.656. The van der Waals surface area contributed by atoms with Crippen LogP contribution < -0.4 is 0 Å². The number of carbonyl (C=O) groups is 1. The van der Waals surface area contributed by atoms with Crippen molar-refractivity contribution in [3.05, 3.63) is 0 Å². The number of carboxylic acids is 1. The highest BCUT2D eigenvalue weighted by atomic mass is 16.4. The summed E-state index contributed by atoms with van der Waals surface area (Å²) in [5.74, 6) is 0.624. The Labute approximate surface area is 74.0 Å². The first-order valence-corrected chi connectivity index (χ1v) is 4.69. The molecule has 2 nitrogen and oxygen atoms in total. The minimum absolute atomic E-state index is 0.452. The fraction of sp³-hybridized carbons (Fsp3) is 0.900. The van der Waals surface area contributed by atoms with Gasteiger partial charge in [-0.1, -0.05) is 13.8 Å². The Morgan fingerprint density at radius 1 is 1.42 bits per heavy atom. The predicted molar refractivity (Wildman–Crippen MR) is 47.9 cm³/mol. The Morgan fingerprint density at radius 3 is 2.42 bits per heavy atom. The molecule has 0 aromatic carbocycles. The number of hydrogen-bond acceptors (Lipinski definition) is 1. The van der Waals surface area contributed by atoms with Gasteiger partial charge in [0.25, 0.3) is 0 Å². The molecule has 12 heavy (non-hydrogen) atoms. The van der Waals surface area contributed by atoms with Crippen molar-refractivity contribution < 1.29 is 9.90 Å². The van der Waals surface area contributed by atoms with Gasteiger partial charge in [0.15, 0.2) is 0 Å². The van der Waals surface area contributed by atoms with Gasteiger partial charge in [-0.05, 0) is 38.0 Å². The van der Waals surface area contributed by atoms with Gasteiger partial charge in [-0.25, -0.2) is 0 Å². The molecule has 0 unspecified atom stereocenters. The maximum atomic E-state index is 10.9. The molecular formula is C10H18O2. The third kappa shape index (κ3) is 1.62. The van der Waals surface area contributed by atoms with Crippen molar-refractivity contribution in [1.82, 2.24) is 0 Å². The fourth-order valence-electron chi connectivity index (χ4n) is 2.04. The van der Waals surface area contributed by atoms with E-state index in [-0.39, 0.29) is 0 Å².